The first-order chi connectivity index (χ1) is 9.22. The molecule has 2 aromatic heterocycles. The fraction of sp³-hybridized carbons (Fsp3) is 0.429. The Balaban J connectivity index is 1.82. The molecule has 19 heavy (non-hydrogen) atoms. The van der Waals surface area contributed by atoms with Crippen LogP contribution < -0.4 is 0 Å². The van der Waals surface area contributed by atoms with Gasteiger partial charge in [-0.05, 0) is 37.3 Å². The van der Waals surface area contributed by atoms with Gasteiger partial charge in [-0.2, -0.15) is 0 Å². The lowest BCUT2D eigenvalue weighted by atomic mass is 9.97. The molecule has 0 spiro atoms. The Labute approximate surface area is 110 Å². The largest absolute Gasteiger partial charge is 0.478 e. The van der Waals surface area contributed by atoms with E-state index in [-0.39, 0.29) is 5.56 Å². The first kappa shape index (κ1) is 12.2. The molecule has 0 saturated carbocycles. The first-order valence-electron chi connectivity index (χ1n) is 6.51. The van der Waals surface area contributed by atoms with E-state index in [1.54, 1.807) is 22.7 Å². The maximum absolute atomic E-state index is 10.9. The molecule has 3 heterocycles. The van der Waals surface area contributed by atoms with Gasteiger partial charge in [-0.15, -0.1) is 0 Å². The lowest BCUT2D eigenvalue weighted by molar-refractivity contribution is 0.0547. The number of carbonyl (C=O) groups is 1. The number of rotatable bonds is 3. The van der Waals surface area contributed by atoms with Gasteiger partial charge in [0.25, 0.3) is 0 Å². The summed E-state index contributed by atoms with van der Waals surface area (Å²) >= 11 is 0. The van der Waals surface area contributed by atoms with Crippen molar-refractivity contribution in [2.75, 3.05) is 13.2 Å². The molecule has 0 aromatic carbocycles. The van der Waals surface area contributed by atoms with Crippen LogP contribution in [0.2, 0.25) is 0 Å². The molecular formula is C14H16N2O3. The van der Waals surface area contributed by atoms with Crippen LogP contribution in [0, 0.1) is 5.92 Å². The number of fused-ring (bicyclic) bond motifs is 1. The number of carboxylic acid groups (broad SMARTS) is 1. The number of ether oxygens (including phenoxy) is 1. The average Bonchev–Trinajstić information content (AvgIpc) is 2.80. The second-order valence-corrected chi connectivity index (χ2v) is 5.01. The minimum Gasteiger partial charge on any atom is -0.478 e. The van der Waals surface area contributed by atoms with Crippen molar-refractivity contribution < 1.29 is 14.6 Å². The zero-order valence-electron chi connectivity index (χ0n) is 10.6. The standard InChI is InChI=1S/C14H16N2O3/c17-14(18)11-3-4-13-15-12(8-16(13)7-11)6-10-2-1-5-19-9-10/h3-4,7-8,10H,1-2,5-6,9H2,(H,17,18). The molecular weight excluding hydrogens is 244 g/mol. The fourth-order valence-electron chi connectivity index (χ4n) is 2.53. The van der Waals surface area contributed by atoms with Gasteiger partial charge in [0, 0.05) is 25.6 Å². The average molecular weight is 260 g/mol. The Morgan fingerprint density at radius 2 is 2.37 bits per heavy atom. The Bertz CT molecular complexity index is 600. The van der Waals surface area contributed by atoms with Crippen molar-refractivity contribution in [2.24, 2.45) is 5.92 Å². The van der Waals surface area contributed by atoms with Crippen LogP contribution >= 0.6 is 0 Å². The number of carboxylic acids is 1. The summed E-state index contributed by atoms with van der Waals surface area (Å²) in [5.74, 6) is -0.393. The van der Waals surface area contributed by atoms with Crippen molar-refractivity contribution in [3.8, 4) is 0 Å². The monoisotopic (exact) mass is 260 g/mol. The van der Waals surface area contributed by atoms with Crippen LogP contribution in [-0.2, 0) is 11.2 Å². The zero-order valence-corrected chi connectivity index (χ0v) is 10.6. The van der Waals surface area contributed by atoms with E-state index in [9.17, 15) is 4.79 Å². The van der Waals surface area contributed by atoms with Crippen molar-refractivity contribution >= 4 is 11.6 Å². The summed E-state index contributed by atoms with van der Waals surface area (Å²) in [6.07, 6.45) is 6.70. The molecule has 1 N–H and O–H groups in total. The Kier molecular flexibility index (Phi) is 3.21. The number of aromatic nitrogens is 2. The fourth-order valence-corrected chi connectivity index (χ4v) is 2.53. The third-order valence-corrected chi connectivity index (χ3v) is 3.50. The van der Waals surface area contributed by atoms with Crippen LogP contribution in [0.25, 0.3) is 5.65 Å². The lowest BCUT2D eigenvalue weighted by Crippen LogP contribution is -2.19. The minimum absolute atomic E-state index is 0.275. The summed E-state index contributed by atoms with van der Waals surface area (Å²) in [6.45, 7) is 1.66. The van der Waals surface area contributed by atoms with Crippen LogP contribution in [-0.4, -0.2) is 33.7 Å². The molecule has 5 heteroatoms. The Morgan fingerprint density at radius 1 is 1.47 bits per heavy atom. The molecule has 0 aliphatic carbocycles. The van der Waals surface area contributed by atoms with Crippen molar-refractivity contribution in [3.63, 3.8) is 0 Å². The van der Waals surface area contributed by atoms with E-state index in [2.05, 4.69) is 4.98 Å². The number of pyridine rings is 1. The maximum atomic E-state index is 10.9. The lowest BCUT2D eigenvalue weighted by Gasteiger charge is -2.20. The summed E-state index contributed by atoms with van der Waals surface area (Å²) in [5, 5.41) is 8.96. The van der Waals surface area contributed by atoms with Gasteiger partial charge in [0.15, 0.2) is 0 Å². The Hall–Kier alpha value is -1.88. The highest BCUT2D eigenvalue weighted by Gasteiger charge is 2.16. The normalized spacial score (nSPS) is 19.7. The summed E-state index contributed by atoms with van der Waals surface area (Å²) in [6, 6.07) is 3.32. The van der Waals surface area contributed by atoms with Crippen LogP contribution in [0.5, 0.6) is 0 Å². The number of aromatic carboxylic acids is 1. The number of nitrogens with zero attached hydrogens (tertiary/aromatic N) is 2. The molecule has 0 bridgehead atoms. The van der Waals surface area contributed by atoms with E-state index in [1.807, 2.05) is 6.20 Å². The van der Waals surface area contributed by atoms with Gasteiger partial charge in [0.05, 0.1) is 11.3 Å². The minimum atomic E-state index is -0.919. The van der Waals surface area contributed by atoms with E-state index >= 15 is 0 Å². The third kappa shape index (κ3) is 2.61. The van der Waals surface area contributed by atoms with Crippen molar-refractivity contribution in [2.45, 2.75) is 19.3 Å². The summed E-state index contributed by atoms with van der Waals surface area (Å²) in [7, 11) is 0. The predicted molar refractivity (Wildman–Crippen MR) is 69.4 cm³/mol. The van der Waals surface area contributed by atoms with Crippen LogP contribution in [0.3, 0.4) is 0 Å². The number of hydrogen-bond acceptors (Lipinski definition) is 3. The molecule has 100 valence electrons. The molecule has 3 rings (SSSR count). The Morgan fingerprint density at radius 3 is 3.11 bits per heavy atom. The first-order valence-corrected chi connectivity index (χ1v) is 6.51. The van der Waals surface area contributed by atoms with Crippen LogP contribution in [0.1, 0.15) is 28.9 Å². The molecule has 1 unspecified atom stereocenters. The topological polar surface area (TPSA) is 63.8 Å². The SMILES string of the molecule is O=C(O)c1ccc2nc(CC3CCCOC3)cn2c1. The van der Waals surface area contributed by atoms with E-state index in [4.69, 9.17) is 9.84 Å². The summed E-state index contributed by atoms with van der Waals surface area (Å²) < 4.78 is 7.25. The van der Waals surface area contributed by atoms with Gasteiger partial charge >= 0.3 is 5.97 Å². The molecule has 1 fully saturated rings. The second-order valence-electron chi connectivity index (χ2n) is 5.01. The molecule has 0 radical (unpaired) electrons. The molecule has 5 nitrogen and oxygen atoms in total. The van der Waals surface area contributed by atoms with Crippen molar-refractivity contribution in [1.29, 1.82) is 0 Å². The van der Waals surface area contributed by atoms with E-state index in [0.29, 0.717) is 5.92 Å². The second kappa shape index (κ2) is 5.01. The van der Waals surface area contributed by atoms with Crippen LogP contribution in [0.15, 0.2) is 24.5 Å². The van der Waals surface area contributed by atoms with Gasteiger partial charge in [-0.3, -0.25) is 0 Å². The molecule has 1 atom stereocenters. The summed E-state index contributed by atoms with van der Waals surface area (Å²) in [5.41, 5.74) is 2.06. The number of hydrogen-bond donors (Lipinski definition) is 1. The molecule has 0 amide bonds. The predicted octanol–water partition coefficient (Wildman–Crippen LogP) is 2.00. The van der Waals surface area contributed by atoms with Gasteiger partial charge < -0.3 is 14.2 Å². The highest BCUT2D eigenvalue weighted by molar-refractivity contribution is 5.87. The maximum Gasteiger partial charge on any atom is 0.337 e. The van der Waals surface area contributed by atoms with E-state index in [0.717, 1.165) is 37.4 Å². The quantitative estimate of drug-likeness (QED) is 0.916. The van der Waals surface area contributed by atoms with E-state index in [1.165, 1.54) is 6.42 Å². The molecule has 1 aliphatic rings. The van der Waals surface area contributed by atoms with E-state index < -0.39 is 5.97 Å². The van der Waals surface area contributed by atoms with Crippen molar-refractivity contribution in [3.05, 3.63) is 35.8 Å². The number of imidazole rings is 1. The van der Waals surface area contributed by atoms with Crippen molar-refractivity contribution in [1.82, 2.24) is 9.38 Å². The van der Waals surface area contributed by atoms with Gasteiger partial charge in [0.1, 0.15) is 5.65 Å². The molecule has 1 aliphatic heterocycles. The van der Waals surface area contributed by atoms with Crippen LogP contribution in [0.4, 0.5) is 0 Å². The molecule has 2 aromatic rings. The van der Waals surface area contributed by atoms with Gasteiger partial charge in [0.2, 0.25) is 0 Å². The highest BCUT2D eigenvalue weighted by atomic mass is 16.5. The van der Waals surface area contributed by atoms with Gasteiger partial charge in [-0.25, -0.2) is 9.78 Å². The smallest absolute Gasteiger partial charge is 0.337 e. The zero-order chi connectivity index (χ0) is 13.2. The molecule has 1 saturated heterocycles. The third-order valence-electron chi connectivity index (χ3n) is 3.50. The highest BCUT2D eigenvalue weighted by Crippen LogP contribution is 2.19. The summed E-state index contributed by atoms with van der Waals surface area (Å²) in [4.78, 5) is 15.4. The van der Waals surface area contributed by atoms with Gasteiger partial charge in [-0.1, -0.05) is 0 Å².